The number of aliphatic hydroxyl groups excluding tert-OH is 2. The van der Waals surface area contributed by atoms with Crippen LogP contribution in [0.25, 0.3) is 10.4 Å². The van der Waals surface area contributed by atoms with Crippen molar-refractivity contribution in [1.29, 1.82) is 0 Å². The van der Waals surface area contributed by atoms with Crippen LogP contribution >= 0.6 is 0 Å². The largest absolute Gasteiger partial charge is 0.508 e. The van der Waals surface area contributed by atoms with E-state index in [-0.39, 0.29) is 24.3 Å². The van der Waals surface area contributed by atoms with Gasteiger partial charge in [-0.05, 0) is 30.2 Å². The number of halogens is 1. The number of nitrogens with zero attached hydrogens (tertiary/aromatic N) is 3. The highest BCUT2D eigenvalue weighted by atomic mass is 19.1. The minimum Gasteiger partial charge on any atom is -0.508 e. The van der Waals surface area contributed by atoms with Crippen molar-refractivity contribution in [2.24, 2.45) is 5.11 Å². The maximum atomic E-state index is 13.3. The van der Waals surface area contributed by atoms with Gasteiger partial charge < -0.3 is 15.3 Å². The Hall–Kier alpha value is -1.82. The van der Waals surface area contributed by atoms with E-state index in [0.717, 1.165) is 18.2 Å². The first-order chi connectivity index (χ1) is 8.06. The molecule has 1 aromatic carbocycles. The third-order valence-corrected chi connectivity index (χ3v) is 2.25. The van der Waals surface area contributed by atoms with Crippen LogP contribution in [0.1, 0.15) is 18.1 Å². The van der Waals surface area contributed by atoms with E-state index in [4.69, 9.17) is 10.6 Å². The van der Waals surface area contributed by atoms with Gasteiger partial charge in [0.2, 0.25) is 0 Å². The van der Waals surface area contributed by atoms with Crippen molar-refractivity contribution in [3.63, 3.8) is 0 Å². The Kier molecular flexibility index (Phi) is 4.71. The summed E-state index contributed by atoms with van der Waals surface area (Å²) in [6, 6.07) is 3.17. The van der Waals surface area contributed by atoms with E-state index in [0.29, 0.717) is 0 Å². The van der Waals surface area contributed by atoms with Crippen LogP contribution < -0.4 is 0 Å². The molecule has 0 saturated heterocycles. The highest BCUT2D eigenvalue weighted by Gasteiger charge is 2.21. The summed E-state index contributed by atoms with van der Waals surface area (Å²) in [6.45, 7) is -0.00480. The molecule has 0 bridgehead atoms. The van der Waals surface area contributed by atoms with Crippen LogP contribution in [-0.4, -0.2) is 28.0 Å². The third kappa shape index (κ3) is 3.60. The molecule has 92 valence electrons. The second-order valence-corrected chi connectivity index (χ2v) is 3.46. The van der Waals surface area contributed by atoms with Crippen molar-refractivity contribution >= 4 is 0 Å². The molecule has 2 unspecified atom stereocenters. The van der Waals surface area contributed by atoms with Gasteiger partial charge in [-0.15, -0.1) is 0 Å². The first-order valence-electron chi connectivity index (χ1n) is 4.91. The van der Waals surface area contributed by atoms with Gasteiger partial charge in [-0.25, -0.2) is 4.39 Å². The summed E-state index contributed by atoms with van der Waals surface area (Å²) < 4.78 is 13.3. The molecule has 3 N–H and O–H groups in total. The van der Waals surface area contributed by atoms with Gasteiger partial charge >= 0.3 is 0 Å². The fraction of sp³-hybridized carbons (Fsp3) is 0.400. The lowest BCUT2D eigenvalue weighted by Crippen LogP contribution is -2.20. The summed E-state index contributed by atoms with van der Waals surface area (Å²) in [4.78, 5) is 2.49. The van der Waals surface area contributed by atoms with Gasteiger partial charge in [0.15, 0.2) is 0 Å². The molecule has 0 spiro atoms. The van der Waals surface area contributed by atoms with Gasteiger partial charge in [-0.1, -0.05) is 5.11 Å². The van der Waals surface area contributed by atoms with Crippen molar-refractivity contribution in [3.05, 3.63) is 40.0 Å². The maximum Gasteiger partial charge on any atom is 0.129 e. The molecule has 0 amide bonds. The lowest BCUT2D eigenvalue weighted by molar-refractivity contribution is 0.0129. The molecule has 17 heavy (non-hydrogen) atoms. The molecule has 0 radical (unpaired) electrons. The number of phenolic OH excluding ortho intramolecular Hbond substituents is 1. The summed E-state index contributed by atoms with van der Waals surface area (Å²) in [5.41, 5.74) is 7.84. The summed E-state index contributed by atoms with van der Waals surface area (Å²) >= 11 is 0. The third-order valence-electron chi connectivity index (χ3n) is 2.25. The molecular formula is C10H12FN3O3. The fourth-order valence-electron chi connectivity index (χ4n) is 1.36. The average molecular weight is 241 g/mol. The molecule has 1 rings (SSSR count). The van der Waals surface area contributed by atoms with Crippen LogP contribution in [0.15, 0.2) is 23.3 Å². The minimum atomic E-state index is -1.48. The van der Waals surface area contributed by atoms with Crippen LogP contribution in [-0.2, 0) is 0 Å². The predicted octanol–water partition coefficient (Wildman–Crippen LogP) is 1.63. The number of aliphatic hydroxyl groups is 2. The van der Waals surface area contributed by atoms with Gasteiger partial charge in [0.05, 0.1) is 6.10 Å². The molecule has 0 aliphatic heterocycles. The molecule has 0 aliphatic carbocycles. The SMILES string of the molecule is [N-]=[N+]=NCCC(O)C(O)c1cc(O)ccc1F. The quantitative estimate of drug-likeness (QED) is 0.414. The number of rotatable bonds is 5. The molecule has 1 aromatic rings. The lowest BCUT2D eigenvalue weighted by Gasteiger charge is -2.18. The minimum absolute atomic E-state index is 0.000320. The first-order valence-corrected chi connectivity index (χ1v) is 4.91. The van der Waals surface area contributed by atoms with Crippen molar-refractivity contribution in [3.8, 4) is 5.75 Å². The standard InChI is InChI=1S/C10H12FN3O3/c11-8-2-1-6(15)5-7(8)10(17)9(16)3-4-13-14-12/h1-2,5,9-10,15-17H,3-4H2. The molecule has 0 heterocycles. The Morgan fingerprint density at radius 1 is 1.41 bits per heavy atom. The maximum absolute atomic E-state index is 13.3. The molecule has 0 saturated carbocycles. The predicted molar refractivity (Wildman–Crippen MR) is 57.7 cm³/mol. The Labute approximate surface area is 96.6 Å². The number of hydrogen-bond donors (Lipinski definition) is 3. The van der Waals surface area contributed by atoms with E-state index < -0.39 is 18.0 Å². The average Bonchev–Trinajstić information content (AvgIpc) is 2.31. The van der Waals surface area contributed by atoms with E-state index in [1.165, 1.54) is 0 Å². The molecule has 0 aliphatic rings. The number of phenols is 1. The molecule has 0 aromatic heterocycles. The smallest absolute Gasteiger partial charge is 0.129 e. The number of aromatic hydroxyl groups is 1. The summed E-state index contributed by atoms with van der Waals surface area (Å²) in [6.07, 6.45) is -2.74. The monoisotopic (exact) mass is 241 g/mol. The van der Waals surface area contributed by atoms with E-state index in [2.05, 4.69) is 10.0 Å². The zero-order chi connectivity index (χ0) is 12.8. The summed E-state index contributed by atoms with van der Waals surface area (Å²) in [5, 5.41) is 31.5. The number of azide groups is 1. The highest BCUT2D eigenvalue weighted by molar-refractivity contribution is 5.30. The molecular weight excluding hydrogens is 229 g/mol. The number of hydrogen-bond acceptors (Lipinski definition) is 4. The summed E-state index contributed by atoms with van der Waals surface area (Å²) in [5.74, 6) is -0.930. The van der Waals surface area contributed by atoms with Gasteiger partial charge in [0.25, 0.3) is 0 Å². The van der Waals surface area contributed by atoms with E-state index >= 15 is 0 Å². The molecule has 7 heteroatoms. The Morgan fingerprint density at radius 2 is 2.12 bits per heavy atom. The van der Waals surface area contributed by atoms with Crippen molar-refractivity contribution in [2.45, 2.75) is 18.6 Å². The molecule has 2 atom stereocenters. The van der Waals surface area contributed by atoms with Crippen molar-refractivity contribution in [1.82, 2.24) is 0 Å². The summed E-state index contributed by atoms with van der Waals surface area (Å²) in [7, 11) is 0. The van der Waals surface area contributed by atoms with Crippen LogP contribution in [0.5, 0.6) is 5.75 Å². The zero-order valence-corrected chi connectivity index (χ0v) is 8.86. The highest BCUT2D eigenvalue weighted by Crippen LogP contribution is 2.25. The zero-order valence-electron chi connectivity index (χ0n) is 8.86. The van der Waals surface area contributed by atoms with Crippen molar-refractivity contribution in [2.75, 3.05) is 6.54 Å². The van der Waals surface area contributed by atoms with Gasteiger partial charge in [0, 0.05) is 17.0 Å². The Bertz CT molecular complexity index is 435. The number of benzene rings is 1. The first kappa shape index (κ1) is 13.2. The van der Waals surface area contributed by atoms with Gasteiger partial charge in [0.1, 0.15) is 17.7 Å². The second kappa shape index (κ2) is 6.05. The molecule has 6 nitrogen and oxygen atoms in total. The van der Waals surface area contributed by atoms with Crippen LogP contribution in [0, 0.1) is 5.82 Å². The second-order valence-electron chi connectivity index (χ2n) is 3.46. The van der Waals surface area contributed by atoms with Crippen LogP contribution in [0.3, 0.4) is 0 Å². The van der Waals surface area contributed by atoms with E-state index in [9.17, 15) is 14.6 Å². The van der Waals surface area contributed by atoms with Crippen LogP contribution in [0.4, 0.5) is 4.39 Å². The lowest BCUT2D eigenvalue weighted by atomic mass is 10.0. The van der Waals surface area contributed by atoms with E-state index in [1.807, 2.05) is 0 Å². The Balaban J connectivity index is 2.76. The van der Waals surface area contributed by atoms with Crippen LogP contribution in [0.2, 0.25) is 0 Å². The fourth-order valence-corrected chi connectivity index (χ4v) is 1.36. The van der Waals surface area contributed by atoms with Gasteiger partial charge in [-0.2, -0.15) is 0 Å². The normalized spacial score (nSPS) is 13.8. The molecule has 0 fully saturated rings. The Morgan fingerprint density at radius 3 is 2.76 bits per heavy atom. The topological polar surface area (TPSA) is 109 Å². The van der Waals surface area contributed by atoms with Gasteiger partial charge in [-0.3, -0.25) is 0 Å². The van der Waals surface area contributed by atoms with Crippen molar-refractivity contribution < 1.29 is 19.7 Å². The van der Waals surface area contributed by atoms with E-state index in [1.54, 1.807) is 0 Å².